The molecule has 22 heavy (non-hydrogen) atoms. The fraction of sp³-hybridized carbons (Fsp3) is 0.562. The summed E-state index contributed by atoms with van der Waals surface area (Å²) in [5.41, 5.74) is 1.44. The number of rotatable bonds is 6. The maximum Gasteiger partial charge on any atom is 0.319 e. The number of hydrogen-bond donors (Lipinski definition) is 2. The minimum Gasteiger partial charge on any atom is -0.380 e. The van der Waals surface area contributed by atoms with Crippen molar-refractivity contribution in [1.82, 2.24) is 5.32 Å². The van der Waals surface area contributed by atoms with E-state index in [-0.39, 0.29) is 12.1 Å². The zero-order chi connectivity index (χ0) is 15.8. The van der Waals surface area contributed by atoms with Gasteiger partial charge in [-0.05, 0) is 37.8 Å². The minimum atomic E-state index is -0.240. The quantitative estimate of drug-likeness (QED) is 0.840. The molecule has 1 aliphatic heterocycles. The van der Waals surface area contributed by atoms with Gasteiger partial charge in [-0.25, -0.2) is 4.79 Å². The molecule has 0 spiro atoms. The van der Waals surface area contributed by atoms with Gasteiger partial charge in [-0.2, -0.15) is 0 Å². The number of hydrogen-bond acceptors (Lipinski definition) is 3. The van der Waals surface area contributed by atoms with Crippen LogP contribution in [0.1, 0.15) is 31.2 Å². The second kappa shape index (κ2) is 8.98. The van der Waals surface area contributed by atoms with Crippen LogP contribution in [0.25, 0.3) is 0 Å². The number of halogens is 1. The summed E-state index contributed by atoms with van der Waals surface area (Å²) in [5.74, 6) is 0. The lowest BCUT2D eigenvalue weighted by Crippen LogP contribution is -2.32. The minimum absolute atomic E-state index is 0.240. The summed E-state index contributed by atoms with van der Waals surface area (Å²) in [6.45, 7) is 1.78. The molecule has 5 nitrogen and oxygen atoms in total. The molecule has 1 fully saturated rings. The van der Waals surface area contributed by atoms with E-state index in [0.29, 0.717) is 23.9 Å². The molecular weight excluding hydrogens is 304 g/mol. The number of carbonyl (C=O) groups excluding carboxylic acids is 1. The van der Waals surface area contributed by atoms with E-state index in [1.54, 1.807) is 19.2 Å². The molecule has 1 saturated heterocycles. The van der Waals surface area contributed by atoms with Crippen molar-refractivity contribution in [1.29, 1.82) is 0 Å². The van der Waals surface area contributed by atoms with Crippen LogP contribution in [-0.4, -0.2) is 32.4 Å². The van der Waals surface area contributed by atoms with Gasteiger partial charge in [0.25, 0.3) is 0 Å². The summed E-state index contributed by atoms with van der Waals surface area (Å²) >= 11 is 6.13. The molecule has 1 heterocycles. The SMILES string of the molecule is COCc1c(Cl)cccc1NC(=O)NCC[C@H]1CCCCO1. The van der Waals surface area contributed by atoms with Crippen LogP contribution in [0.3, 0.4) is 0 Å². The Morgan fingerprint density at radius 2 is 2.32 bits per heavy atom. The Balaban J connectivity index is 1.80. The molecule has 2 rings (SSSR count). The van der Waals surface area contributed by atoms with Gasteiger partial charge in [-0.15, -0.1) is 0 Å². The zero-order valence-corrected chi connectivity index (χ0v) is 13.6. The average molecular weight is 327 g/mol. The van der Waals surface area contributed by atoms with Crippen LogP contribution >= 0.6 is 11.6 Å². The fourth-order valence-corrected chi connectivity index (χ4v) is 2.74. The van der Waals surface area contributed by atoms with Crippen LogP contribution in [0.4, 0.5) is 10.5 Å². The van der Waals surface area contributed by atoms with Crippen LogP contribution in [-0.2, 0) is 16.1 Å². The van der Waals surface area contributed by atoms with E-state index in [2.05, 4.69) is 10.6 Å². The highest BCUT2D eigenvalue weighted by Gasteiger charge is 2.14. The molecular formula is C16H23ClN2O3. The van der Waals surface area contributed by atoms with Crippen molar-refractivity contribution >= 4 is 23.3 Å². The Kier molecular flexibility index (Phi) is 6.96. The number of carbonyl (C=O) groups is 1. The number of benzene rings is 1. The van der Waals surface area contributed by atoms with Gasteiger partial charge >= 0.3 is 6.03 Å². The van der Waals surface area contributed by atoms with E-state index in [0.717, 1.165) is 31.4 Å². The smallest absolute Gasteiger partial charge is 0.319 e. The average Bonchev–Trinajstić information content (AvgIpc) is 2.52. The molecule has 1 aromatic carbocycles. The molecule has 0 unspecified atom stereocenters. The first-order valence-corrected chi connectivity index (χ1v) is 8.01. The Morgan fingerprint density at radius 1 is 1.45 bits per heavy atom. The summed E-state index contributed by atoms with van der Waals surface area (Å²) < 4.78 is 10.8. The fourth-order valence-electron chi connectivity index (χ4n) is 2.52. The van der Waals surface area contributed by atoms with E-state index < -0.39 is 0 Å². The van der Waals surface area contributed by atoms with Crippen LogP contribution in [0, 0.1) is 0 Å². The summed E-state index contributed by atoms with van der Waals surface area (Å²) in [4.78, 5) is 12.0. The van der Waals surface area contributed by atoms with Crippen LogP contribution in [0.15, 0.2) is 18.2 Å². The molecule has 0 aromatic heterocycles. The van der Waals surface area contributed by atoms with Crippen molar-refractivity contribution in [3.63, 3.8) is 0 Å². The third kappa shape index (κ3) is 5.16. The third-order valence-corrected chi connectivity index (χ3v) is 4.04. The molecule has 0 bridgehead atoms. The molecule has 0 radical (unpaired) electrons. The monoisotopic (exact) mass is 326 g/mol. The molecule has 0 saturated carbocycles. The van der Waals surface area contributed by atoms with Gasteiger partial charge in [0.15, 0.2) is 0 Å². The highest BCUT2D eigenvalue weighted by Crippen LogP contribution is 2.25. The summed E-state index contributed by atoms with van der Waals surface area (Å²) in [6, 6.07) is 5.15. The second-order valence-electron chi connectivity index (χ2n) is 5.36. The van der Waals surface area contributed by atoms with Gasteiger partial charge in [0, 0.05) is 36.5 Å². The first-order valence-electron chi connectivity index (χ1n) is 7.63. The van der Waals surface area contributed by atoms with Crippen LogP contribution in [0.2, 0.25) is 5.02 Å². The van der Waals surface area contributed by atoms with Gasteiger partial charge in [-0.1, -0.05) is 17.7 Å². The topological polar surface area (TPSA) is 59.6 Å². The van der Waals surface area contributed by atoms with E-state index >= 15 is 0 Å². The lowest BCUT2D eigenvalue weighted by atomic mass is 10.1. The van der Waals surface area contributed by atoms with Gasteiger partial charge in [0.05, 0.1) is 12.7 Å². The Bertz CT molecular complexity index is 490. The van der Waals surface area contributed by atoms with Gasteiger partial charge in [-0.3, -0.25) is 0 Å². The molecule has 0 aliphatic carbocycles. The van der Waals surface area contributed by atoms with E-state index in [1.165, 1.54) is 6.42 Å². The van der Waals surface area contributed by atoms with Gasteiger partial charge in [0.2, 0.25) is 0 Å². The van der Waals surface area contributed by atoms with Crippen molar-refractivity contribution in [2.75, 3.05) is 25.6 Å². The summed E-state index contributed by atoms with van der Waals surface area (Å²) in [7, 11) is 1.59. The van der Waals surface area contributed by atoms with E-state index in [4.69, 9.17) is 21.1 Å². The number of methoxy groups -OCH3 is 1. The van der Waals surface area contributed by atoms with Crippen LogP contribution < -0.4 is 10.6 Å². The van der Waals surface area contributed by atoms with E-state index in [1.807, 2.05) is 6.07 Å². The Morgan fingerprint density at radius 3 is 3.05 bits per heavy atom. The Labute approximate surface area is 136 Å². The van der Waals surface area contributed by atoms with Crippen molar-refractivity contribution in [3.8, 4) is 0 Å². The standard InChI is InChI=1S/C16H23ClN2O3/c1-21-11-13-14(17)6-4-7-15(13)19-16(20)18-9-8-12-5-2-3-10-22-12/h4,6-7,12H,2-3,5,8-11H2,1H3,(H2,18,19,20)/t12-/m1/s1. The van der Waals surface area contributed by atoms with Crippen LogP contribution in [0.5, 0.6) is 0 Å². The maximum atomic E-state index is 12.0. The molecule has 2 N–H and O–H groups in total. The Hall–Kier alpha value is -1.30. The summed E-state index contributed by atoms with van der Waals surface area (Å²) in [6.07, 6.45) is 4.54. The lowest BCUT2D eigenvalue weighted by molar-refractivity contribution is 0.0120. The molecule has 1 aliphatic rings. The third-order valence-electron chi connectivity index (χ3n) is 3.68. The molecule has 1 atom stereocenters. The molecule has 6 heteroatoms. The van der Waals surface area contributed by atoms with Gasteiger partial charge < -0.3 is 20.1 Å². The number of nitrogens with one attached hydrogen (secondary N) is 2. The first kappa shape index (κ1) is 17.1. The van der Waals surface area contributed by atoms with E-state index in [9.17, 15) is 4.79 Å². The van der Waals surface area contributed by atoms with Gasteiger partial charge in [0.1, 0.15) is 0 Å². The van der Waals surface area contributed by atoms with Crippen molar-refractivity contribution in [3.05, 3.63) is 28.8 Å². The number of ether oxygens (including phenoxy) is 2. The molecule has 2 amide bonds. The molecule has 1 aromatic rings. The maximum absolute atomic E-state index is 12.0. The predicted molar refractivity (Wildman–Crippen MR) is 87.4 cm³/mol. The van der Waals surface area contributed by atoms with Crippen molar-refractivity contribution < 1.29 is 14.3 Å². The number of urea groups is 1. The van der Waals surface area contributed by atoms with Crippen molar-refractivity contribution in [2.45, 2.75) is 38.4 Å². The first-order chi connectivity index (χ1) is 10.7. The largest absolute Gasteiger partial charge is 0.380 e. The second-order valence-corrected chi connectivity index (χ2v) is 5.76. The summed E-state index contributed by atoms with van der Waals surface area (Å²) in [5, 5.41) is 6.25. The normalized spacial score (nSPS) is 18.0. The predicted octanol–water partition coefficient (Wildman–Crippen LogP) is 3.57. The number of anilines is 1. The lowest BCUT2D eigenvalue weighted by Gasteiger charge is -2.22. The van der Waals surface area contributed by atoms with Crippen molar-refractivity contribution in [2.24, 2.45) is 0 Å². The highest BCUT2D eigenvalue weighted by atomic mass is 35.5. The zero-order valence-electron chi connectivity index (χ0n) is 12.9. The number of amides is 2. The highest BCUT2D eigenvalue weighted by molar-refractivity contribution is 6.31. The molecule has 122 valence electrons.